The predicted molar refractivity (Wildman–Crippen MR) is 89.4 cm³/mol. The Bertz CT molecular complexity index is 614. The van der Waals surface area contributed by atoms with Crippen LogP contribution in [0.3, 0.4) is 0 Å². The van der Waals surface area contributed by atoms with Crippen LogP contribution >= 0.6 is 12.2 Å². The molecule has 0 aliphatic carbocycles. The molecule has 0 amide bonds. The third-order valence-corrected chi connectivity index (χ3v) is 4.17. The van der Waals surface area contributed by atoms with Gasteiger partial charge in [0.2, 0.25) is 0 Å². The van der Waals surface area contributed by atoms with Gasteiger partial charge in [-0.2, -0.15) is 0 Å². The van der Waals surface area contributed by atoms with Crippen LogP contribution in [-0.2, 0) is 0 Å². The highest BCUT2D eigenvalue weighted by atomic mass is 32.1. The van der Waals surface area contributed by atoms with Gasteiger partial charge in [0.05, 0.1) is 18.0 Å². The van der Waals surface area contributed by atoms with Crippen LogP contribution < -0.4 is 5.32 Å². The highest BCUT2D eigenvalue weighted by molar-refractivity contribution is 7.80. The smallest absolute Gasteiger partial charge is 0.170 e. The molecule has 1 fully saturated rings. The lowest BCUT2D eigenvalue weighted by molar-refractivity contribution is 0.248. The zero-order chi connectivity index (χ0) is 15.5. The van der Waals surface area contributed by atoms with Gasteiger partial charge in [-0.1, -0.05) is 6.07 Å². The molecule has 22 heavy (non-hydrogen) atoms. The number of thiocarbonyl (C=S) groups is 1. The average molecular weight is 316 g/mol. The summed E-state index contributed by atoms with van der Waals surface area (Å²) >= 11 is 5.55. The fourth-order valence-electron chi connectivity index (χ4n) is 2.72. The lowest BCUT2D eigenvalue weighted by Gasteiger charge is -2.27. The van der Waals surface area contributed by atoms with Crippen molar-refractivity contribution < 1.29 is 4.42 Å². The minimum absolute atomic E-state index is 0.00186. The minimum Gasteiger partial charge on any atom is -0.467 e. The van der Waals surface area contributed by atoms with Gasteiger partial charge in [-0.05, 0) is 50.6 Å². The second-order valence-electron chi connectivity index (χ2n) is 5.64. The van der Waals surface area contributed by atoms with Crippen molar-refractivity contribution in [3.05, 3.63) is 54.2 Å². The van der Waals surface area contributed by atoms with E-state index in [1.807, 2.05) is 36.5 Å². The largest absolute Gasteiger partial charge is 0.467 e. The van der Waals surface area contributed by atoms with Crippen LogP contribution in [0.5, 0.6) is 0 Å². The summed E-state index contributed by atoms with van der Waals surface area (Å²) in [6, 6.07) is 9.87. The third-order valence-electron chi connectivity index (χ3n) is 3.82. The topological polar surface area (TPSA) is 44.5 Å². The van der Waals surface area contributed by atoms with Crippen molar-refractivity contribution in [3.63, 3.8) is 0 Å². The van der Waals surface area contributed by atoms with Crippen molar-refractivity contribution in [2.45, 2.75) is 12.1 Å². The van der Waals surface area contributed by atoms with Crippen molar-refractivity contribution in [2.75, 3.05) is 27.2 Å². The third kappa shape index (κ3) is 2.98. The summed E-state index contributed by atoms with van der Waals surface area (Å²) in [7, 11) is 4.12. The van der Waals surface area contributed by atoms with Crippen molar-refractivity contribution in [1.29, 1.82) is 0 Å². The fourth-order valence-corrected chi connectivity index (χ4v) is 3.05. The SMILES string of the molecule is CN(C)CCN1C(=S)N[C@H](c2ccccn2)[C@H]1c1ccco1. The van der Waals surface area contributed by atoms with E-state index in [0.717, 1.165) is 29.7 Å². The Morgan fingerprint density at radius 2 is 2.18 bits per heavy atom. The molecule has 2 aromatic rings. The molecule has 5 nitrogen and oxygen atoms in total. The number of hydrogen-bond donors (Lipinski definition) is 1. The van der Waals surface area contributed by atoms with Crippen LogP contribution in [0.2, 0.25) is 0 Å². The molecule has 2 aromatic heterocycles. The number of pyridine rings is 1. The average Bonchev–Trinajstić information content (AvgIpc) is 3.13. The van der Waals surface area contributed by atoms with Gasteiger partial charge in [0.25, 0.3) is 0 Å². The van der Waals surface area contributed by atoms with Crippen LogP contribution in [0.15, 0.2) is 47.2 Å². The molecule has 0 spiro atoms. The Morgan fingerprint density at radius 3 is 2.82 bits per heavy atom. The second kappa shape index (κ2) is 6.46. The quantitative estimate of drug-likeness (QED) is 0.853. The second-order valence-corrected chi connectivity index (χ2v) is 6.03. The minimum atomic E-state index is 0.00186. The molecule has 0 saturated carbocycles. The van der Waals surface area contributed by atoms with E-state index in [-0.39, 0.29) is 12.1 Å². The maximum absolute atomic E-state index is 5.67. The molecule has 1 N–H and O–H groups in total. The summed E-state index contributed by atoms with van der Waals surface area (Å²) in [6.45, 7) is 1.77. The number of aromatic nitrogens is 1. The first-order valence-corrected chi connectivity index (χ1v) is 7.74. The highest BCUT2D eigenvalue weighted by Crippen LogP contribution is 2.38. The van der Waals surface area contributed by atoms with Gasteiger partial charge >= 0.3 is 0 Å². The highest BCUT2D eigenvalue weighted by Gasteiger charge is 2.41. The van der Waals surface area contributed by atoms with Gasteiger partial charge in [-0.15, -0.1) is 0 Å². The van der Waals surface area contributed by atoms with E-state index in [1.165, 1.54) is 0 Å². The molecule has 0 aromatic carbocycles. The monoisotopic (exact) mass is 316 g/mol. The first-order chi connectivity index (χ1) is 10.7. The van der Waals surface area contributed by atoms with E-state index in [2.05, 4.69) is 34.2 Å². The molecular formula is C16H20N4OS. The summed E-state index contributed by atoms with van der Waals surface area (Å²) in [4.78, 5) is 8.82. The van der Waals surface area contributed by atoms with Crippen LogP contribution in [-0.4, -0.2) is 47.1 Å². The van der Waals surface area contributed by atoms with E-state index < -0.39 is 0 Å². The van der Waals surface area contributed by atoms with Gasteiger partial charge in [-0.25, -0.2) is 0 Å². The molecule has 2 atom stereocenters. The van der Waals surface area contributed by atoms with Gasteiger partial charge in [0.1, 0.15) is 11.8 Å². The first-order valence-electron chi connectivity index (χ1n) is 7.33. The summed E-state index contributed by atoms with van der Waals surface area (Å²) in [5.74, 6) is 0.904. The molecule has 6 heteroatoms. The number of nitrogens with zero attached hydrogens (tertiary/aromatic N) is 3. The molecule has 3 rings (SSSR count). The number of furan rings is 1. The molecule has 1 aliphatic rings. The van der Waals surface area contributed by atoms with Crippen molar-refractivity contribution in [1.82, 2.24) is 20.1 Å². The van der Waals surface area contributed by atoms with Crippen LogP contribution in [0.4, 0.5) is 0 Å². The molecule has 0 bridgehead atoms. The number of likely N-dealkylation sites (N-methyl/N-ethyl adjacent to an activating group) is 1. The summed E-state index contributed by atoms with van der Waals surface area (Å²) in [5, 5.41) is 4.15. The normalized spacial score (nSPS) is 21.4. The zero-order valence-corrected chi connectivity index (χ0v) is 13.6. The van der Waals surface area contributed by atoms with E-state index in [0.29, 0.717) is 0 Å². The lowest BCUT2D eigenvalue weighted by atomic mass is 10.0. The first kappa shape index (κ1) is 15.0. The van der Waals surface area contributed by atoms with Gasteiger partial charge in [0, 0.05) is 19.3 Å². The Labute approximate surface area is 135 Å². The molecule has 0 radical (unpaired) electrons. The maximum Gasteiger partial charge on any atom is 0.170 e. The van der Waals surface area contributed by atoms with Crippen LogP contribution in [0.1, 0.15) is 23.5 Å². The number of hydrogen-bond acceptors (Lipinski definition) is 4. The van der Waals surface area contributed by atoms with Crippen LogP contribution in [0.25, 0.3) is 0 Å². The fraction of sp³-hybridized carbons (Fsp3) is 0.375. The molecule has 3 heterocycles. The van der Waals surface area contributed by atoms with Crippen molar-refractivity contribution in [3.8, 4) is 0 Å². The number of rotatable bonds is 5. The Kier molecular flexibility index (Phi) is 4.40. The molecule has 1 aliphatic heterocycles. The lowest BCUT2D eigenvalue weighted by Crippen LogP contribution is -2.35. The Hall–Kier alpha value is -1.92. The Balaban J connectivity index is 1.92. The van der Waals surface area contributed by atoms with Crippen molar-refractivity contribution >= 4 is 17.3 Å². The summed E-state index contributed by atoms with van der Waals surface area (Å²) in [6.07, 6.45) is 3.51. The van der Waals surface area contributed by atoms with E-state index in [4.69, 9.17) is 16.6 Å². The molecule has 1 saturated heterocycles. The molecular weight excluding hydrogens is 296 g/mol. The molecule has 0 unspecified atom stereocenters. The van der Waals surface area contributed by atoms with Gasteiger partial charge in [0.15, 0.2) is 5.11 Å². The Morgan fingerprint density at radius 1 is 1.32 bits per heavy atom. The van der Waals surface area contributed by atoms with Gasteiger partial charge < -0.3 is 19.5 Å². The summed E-state index contributed by atoms with van der Waals surface area (Å²) < 4.78 is 5.67. The van der Waals surface area contributed by atoms with E-state index in [9.17, 15) is 0 Å². The predicted octanol–water partition coefficient (Wildman–Crippen LogP) is 2.21. The molecule has 116 valence electrons. The van der Waals surface area contributed by atoms with E-state index >= 15 is 0 Å². The van der Waals surface area contributed by atoms with E-state index in [1.54, 1.807) is 6.26 Å². The maximum atomic E-state index is 5.67. The van der Waals surface area contributed by atoms with Crippen molar-refractivity contribution in [2.24, 2.45) is 0 Å². The van der Waals surface area contributed by atoms with Crippen LogP contribution in [0, 0.1) is 0 Å². The van der Waals surface area contributed by atoms with Gasteiger partial charge in [-0.3, -0.25) is 4.98 Å². The standard InChI is InChI=1S/C16H20N4OS/c1-19(2)9-10-20-15(13-7-5-11-21-13)14(18-16(20)22)12-6-3-4-8-17-12/h3-8,11,14-15H,9-10H2,1-2H3,(H,18,22)/t14-,15-/m1/s1. The summed E-state index contributed by atoms with van der Waals surface area (Å²) in [5.41, 5.74) is 0.971. The number of nitrogens with one attached hydrogen (secondary N) is 1. The zero-order valence-electron chi connectivity index (χ0n) is 12.8.